The molecule has 0 bridgehead atoms. The Hall–Kier alpha value is -1.29. The summed E-state index contributed by atoms with van der Waals surface area (Å²) in [4.78, 5) is 4.31. The average Bonchev–Trinajstić information content (AvgIpc) is 2.40. The van der Waals surface area contributed by atoms with Crippen LogP contribution in [0.5, 0.6) is 5.75 Å². The molecule has 1 aromatic heterocycles. The molecule has 4 heteroatoms. The first kappa shape index (κ1) is 13.1. The molecule has 2 atom stereocenters. The quantitative estimate of drug-likeness (QED) is 0.843. The standard InChI is InChI=1S/C14H22N2O2/c1-2-10-18-13-8-5-9-15-14(13)16-11-6-3-4-7-12(11)17/h5,8-9,11-12,17H,2-4,6-7,10H2,1H3,(H,15,16). The normalized spacial score (nSPS) is 23.7. The number of hydrogen-bond donors (Lipinski definition) is 2. The minimum Gasteiger partial charge on any atom is -0.490 e. The third-order valence-electron chi connectivity index (χ3n) is 3.28. The number of rotatable bonds is 5. The fraction of sp³-hybridized carbons (Fsp3) is 0.643. The molecule has 1 aliphatic carbocycles. The first-order chi connectivity index (χ1) is 8.81. The van der Waals surface area contributed by atoms with Crippen molar-refractivity contribution in [2.75, 3.05) is 11.9 Å². The van der Waals surface area contributed by atoms with E-state index in [1.807, 2.05) is 12.1 Å². The third kappa shape index (κ3) is 3.35. The van der Waals surface area contributed by atoms with E-state index < -0.39 is 0 Å². The summed E-state index contributed by atoms with van der Waals surface area (Å²) in [5.41, 5.74) is 0. The van der Waals surface area contributed by atoms with E-state index in [0.29, 0.717) is 6.61 Å². The molecule has 2 rings (SSSR count). The van der Waals surface area contributed by atoms with Crippen molar-refractivity contribution in [2.45, 2.75) is 51.2 Å². The van der Waals surface area contributed by atoms with Gasteiger partial charge in [-0.05, 0) is 31.4 Å². The van der Waals surface area contributed by atoms with Crippen LogP contribution in [0.15, 0.2) is 18.3 Å². The molecule has 18 heavy (non-hydrogen) atoms. The van der Waals surface area contributed by atoms with Gasteiger partial charge in [-0.25, -0.2) is 4.98 Å². The summed E-state index contributed by atoms with van der Waals surface area (Å²) in [5, 5.41) is 13.3. The Morgan fingerprint density at radius 3 is 3.06 bits per heavy atom. The van der Waals surface area contributed by atoms with E-state index in [4.69, 9.17) is 4.74 Å². The Morgan fingerprint density at radius 2 is 2.28 bits per heavy atom. The molecule has 0 aromatic carbocycles. The second-order valence-electron chi connectivity index (χ2n) is 4.80. The van der Waals surface area contributed by atoms with Gasteiger partial charge in [0.05, 0.1) is 18.8 Å². The van der Waals surface area contributed by atoms with Crippen LogP contribution in [0, 0.1) is 0 Å². The number of hydrogen-bond acceptors (Lipinski definition) is 4. The van der Waals surface area contributed by atoms with E-state index in [9.17, 15) is 5.11 Å². The van der Waals surface area contributed by atoms with E-state index in [1.54, 1.807) is 6.20 Å². The Balaban J connectivity index is 2.03. The maximum Gasteiger partial charge on any atom is 0.169 e. The summed E-state index contributed by atoms with van der Waals surface area (Å²) in [6.07, 6.45) is 6.57. The summed E-state index contributed by atoms with van der Waals surface area (Å²) in [6, 6.07) is 3.88. The smallest absolute Gasteiger partial charge is 0.169 e. The number of aliphatic hydroxyl groups is 1. The molecule has 0 saturated heterocycles. The van der Waals surface area contributed by atoms with Gasteiger partial charge in [0.25, 0.3) is 0 Å². The summed E-state index contributed by atoms with van der Waals surface area (Å²) < 4.78 is 5.66. The van der Waals surface area contributed by atoms with Gasteiger partial charge in [0.15, 0.2) is 11.6 Å². The number of aliphatic hydroxyl groups excluding tert-OH is 1. The van der Waals surface area contributed by atoms with Crippen LogP contribution in [0.25, 0.3) is 0 Å². The molecule has 1 aliphatic rings. The van der Waals surface area contributed by atoms with Crippen molar-refractivity contribution in [1.29, 1.82) is 0 Å². The molecule has 2 N–H and O–H groups in total. The zero-order chi connectivity index (χ0) is 12.8. The predicted octanol–water partition coefficient (Wildman–Crippen LogP) is 2.59. The number of nitrogens with one attached hydrogen (secondary N) is 1. The molecular formula is C14H22N2O2. The summed E-state index contributed by atoms with van der Waals surface area (Å²) >= 11 is 0. The Labute approximate surface area is 108 Å². The summed E-state index contributed by atoms with van der Waals surface area (Å²) in [5.74, 6) is 1.52. The van der Waals surface area contributed by atoms with E-state index in [1.165, 1.54) is 0 Å². The van der Waals surface area contributed by atoms with Crippen molar-refractivity contribution < 1.29 is 9.84 Å². The molecule has 1 saturated carbocycles. The van der Waals surface area contributed by atoms with Gasteiger partial charge >= 0.3 is 0 Å². The fourth-order valence-electron chi connectivity index (χ4n) is 2.28. The highest BCUT2D eigenvalue weighted by Crippen LogP contribution is 2.26. The molecule has 1 heterocycles. The van der Waals surface area contributed by atoms with Crippen LogP contribution < -0.4 is 10.1 Å². The second kappa shape index (κ2) is 6.59. The Morgan fingerprint density at radius 1 is 1.44 bits per heavy atom. The molecule has 0 radical (unpaired) electrons. The van der Waals surface area contributed by atoms with Crippen molar-refractivity contribution in [1.82, 2.24) is 4.98 Å². The lowest BCUT2D eigenvalue weighted by Gasteiger charge is -2.29. The maximum absolute atomic E-state index is 9.97. The molecule has 0 spiro atoms. The van der Waals surface area contributed by atoms with Crippen LogP contribution in [0.1, 0.15) is 39.0 Å². The zero-order valence-corrected chi connectivity index (χ0v) is 10.9. The lowest BCUT2D eigenvalue weighted by molar-refractivity contribution is 0.116. The van der Waals surface area contributed by atoms with Gasteiger partial charge < -0.3 is 15.2 Å². The van der Waals surface area contributed by atoms with Crippen molar-refractivity contribution >= 4 is 5.82 Å². The monoisotopic (exact) mass is 250 g/mol. The lowest BCUT2D eigenvalue weighted by atomic mass is 9.92. The van der Waals surface area contributed by atoms with Gasteiger partial charge in [0.1, 0.15) is 0 Å². The van der Waals surface area contributed by atoms with Gasteiger partial charge in [-0.15, -0.1) is 0 Å². The summed E-state index contributed by atoms with van der Waals surface area (Å²) in [7, 11) is 0. The number of nitrogens with zero attached hydrogens (tertiary/aromatic N) is 1. The molecule has 1 aromatic rings. The van der Waals surface area contributed by atoms with Crippen LogP contribution >= 0.6 is 0 Å². The summed E-state index contributed by atoms with van der Waals surface area (Å²) in [6.45, 7) is 2.77. The molecule has 0 amide bonds. The van der Waals surface area contributed by atoms with Crippen molar-refractivity contribution in [2.24, 2.45) is 0 Å². The van der Waals surface area contributed by atoms with Crippen LogP contribution in [-0.4, -0.2) is 28.8 Å². The highest BCUT2D eigenvalue weighted by Gasteiger charge is 2.23. The number of pyridine rings is 1. The third-order valence-corrected chi connectivity index (χ3v) is 3.28. The fourth-order valence-corrected chi connectivity index (χ4v) is 2.28. The van der Waals surface area contributed by atoms with Gasteiger partial charge in [-0.3, -0.25) is 0 Å². The Kier molecular flexibility index (Phi) is 4.81. The van der Waals surface area contributed by atoms with Gasteiger partial charge in [0, 0.05) is 6.20 Å². The molecule has 1 fully saturated rings. The zero-order valence-electron chi connectivity index (χ0n) is 10.9. The van der Waals surface area contributed by atoms with E-state index in [0.717, 1.165) is 43.7 Å². The highest BCUT2D eigenvalue weighted by molar-refractivity contribution is 5.50. The first-order valence-electron chi connectivity index (χ1n) is 6.83. The minimum absolute atomic E-state index is 0.0950. The Bertz CT molecular complexity index is 371. The molecule has 100 valence electrons. The van der Waals surface area contributed by atoms with Gasteiger partial charge in [0.2, 0.25) is 0 Å². The number of aromatic nitrogens is 1. The van der Waals surface area contributed by atoms with E-state index in [2.05, 4.69) is 17.2 Å². The molecule has 2 unspecified atom stereocenters. The number of ether oxygens (including phenoxy) is 1. The van der Waals surface area contributed by atoms with E-state index in [-0.39, 0.29) is 12.1 Å². The molecule has 0 aliphatic heterocycles. The van der Waals surface area contributed by atoms with Crippen LogP contribution in [0.3, 0.4) is 0 Å². The van der Waals surface area contributed by atoms with Crippen molar-refractivity contribution in [3.05, 3.63) is 18.3 Å². The average molecular weight is 250 g/mol. The first-order valence-corrected chi connectivity index (χ1v) is 6.83. The van der Waals surface area contributed by atoms with Crippen molar-refractivity contribution in [3.8, 4) is 5.75 Å². The SMILES string of the molecule is CCCOc1cccnc1NC1CCCCC1O. The van der Waals surface area contributed by atoms with Gasteiger partial charge in [-0.2, -0.15) is 0 Å². The van der Waals surface area contributed by atoms with Crippen LogP contribution in [-0.2, 0) is 0 Å². The minimum atomic E-state index is -0.278. The molecular weight excluding hydrogens is 228 g/mol. The van der Waals surface area contributed by atoms with Gasteiger partial charge in [-0.1, -0.05) is 19.8 Å². The van der Waals surface area contributed by atoms with Crippen molar-refractivity contribution in [3.63, 3.8) is 0 Å². The lowest BCUT2D eigenvalue weighted by Crippen LogP contribution is -2.36. The number of anilines is 1. The highest BCUT2D eigenvalue weighted by atomic mass is 16.5. The topological polar surface area (TPSA) is 54.4 Å². The largest absolute Gasteiger partial charge is 0.490 e. The second-order valence-corrected chi connectivity index (χ2v) is 4.80. The van der Waals surface area contributed by atoms with E-state index >= 15 is 0 Å². The molecule has 4 nitrogen and oxygen atoms in total. The van der Waals surface area contributed by atoms with Crippen LogP contribution in [0.2, 0.25) is 0 Å². The van der Waals surface area contributed by atoms with Crippen LogP contribution in [0.4, 0.5) is 5.82 Å². The predicted molar refractivity (Wildman–Crippen MR) is 71.9 cm³/mol. The maximum atomic E-state index is 9.97.